The number of imidazole rings is 1. The summed E-state index contributed by atoms with van der Waals surface area (Å²) in [6.45, 7) is 13.2. The number of nitrogens with one attached hydrogen (secondary N) is 1. The van der Waals surface area contributed by atoms with Gasteiger partial charge in [0, 0.05) is 23.4 Å². The number of nitrogens with zero attached hydrogens (tertiary/aromatic N) is 2. The Kier molecular flexibility index (Phi) is 8.01. The van der Waals surface area contributed by atoms with Crippen LogP contribution in [0.5, 0.6) is 0 Å². The fourth-order valence-corrected chi connectivity index (χ4v) is 4.26. The molecule has 3 rings (SSSR count). The normalized spacial score (nSPS) is 12.9. The van der Waals surface area contributed by atoms with E-state index in [1.165, 1.54) is 18.7 Å². The maximum Gasteiger partial charge on any atom is 0.310 e. The maximum absolute atomic E-state index is 15.1. The number of anilines is 2. The minimum Gasteiger partial charge on any atom is -0.469 e. The highest BCUT2D eigenvalue weighted by Gasteiger charge is 2.26. The van der Waals surface area contributed by atoms with Crippen molar-refractivity contribution in [3.8, 4) is 0 Å². The van der Waals surface area contributed by atoms with E-state index >= 15 is 4.39 Å². The average molecular weight is 468 g/mol. The van der Waals surface area contributed by atoms with Crippen molar-refractivity contribution in [2.45, 2.75) is 79.2 Å². The molecule has 0 radical (unpaired) electrons. The Morgan fingerprint density at radius 1 is 1.18 bits per heavy atom. The van der Waals surface area contributed by atoms with Crippen molar-refractivity contribution in [2.24, 2.45) is 5.41 Å². The number of carbonyl (C=O) groups is 1. The molecule has 0 spiro atoms. The smallest absolute Gasteiger partial charge is 0.310 e. The number of methoxy groups -OCH3 is 1. The zero-order valence-corrected chi connectivity index (χ0v) is 21.5. The van der Waals surface area contributed by atoms with E-state index in [2.05, 4.69) is 75.7 Å². The molecule has 2 aromatic carbocycles. The van der Waals surface area contributed by atoms with Crippen molar-refractivity contribution in [1.29, 1.82) is 0 Å². The highest BCUT2D eigenvalue weighted by atomic mass is 19.1. The summed E-state index contributed by atoms with van der Waals surface area (Å²) in [6.07, 6.45) is 2.76. The summed E-state index contributed by atoms with van der Waals surface area (Å²) in [6, 6.07) is 11.7. The first kappa shape index (κ1) is 25.7. The van der Waals surface area contributed by atoms with Crippen molar-refractivity contribution < 1.29 is 13.9 Å². The van der Waals surface area contributed by atoms with E-state index in [4.69, 9.17) is 9.72 Å². The number of ether oxygens (including phenoxy) is 1. The van der Waals surface area contributed by atoms with E-state index in [1.54, 1.807) is 6.07 Å². The van der Waals surface area contributed by atoms with Gasteiger partial charge < -0.3 is 14.6 Å². The van der Waals surface area contributed by atoms with Crippen LogP contribution >= 0.6 is 0 Å². The van der Waals surface area contributed by atoms with Gasteiger partial charge in [-0.2, -0.15) is 0 Å². The van der Waals surface area contributed by atoms with Gasteiger partial charge in [0.1, 0.15) is 5.82 Å². The van der Waals surface area contributed by atoms with E-state index in [1.807, 2.05) is 0 Å². The molecule has 0 fully saturated rings. The standard InChI is InChI=1S/C28H38FN3O2/c1-8-22(17-28(5,6)9-2)32-25-16-23(29)20(15-26(33)34-7)14-24(25)31-27(32)30-21-12-10-19(11-13-21)18(3)4/h10-14,16,18,22H,8-9,15,17H2,1-7H3,(H,30,31). The number of fused-ring (bicyclic) bond motifs is 1. The van der Waals surface area contributed by atoms with Crippen molar-refractivity contribution in [3.05, 3.63) is 53.3 Å². The molecule has 0 aliphatic rings. The number of rotatable bonds is 10. The van der Waals surface area contributed by atoms with E-state index < -0.39 is 11.8 Å². The molecule has 0 aliphatic carbocycles. The fraction of sp³-hybridized carbons (Fsp3) is 0.500. The second-order valence-electron chi connectivity index (χ2n) is 10.2. The molecule has 0 aliphatic heterocycles. The van der Waals surface area contributed by atoms with Gasteiger partial charge in [-0.1, -0.05) is 60.1 Å². The number of esters is 1. The topological polar surface area (TPSA) is 56.2 Å². The molecule has 0 amide bonds. The van der Waals surface area contributed by atoms with Crippen molar-refractivity contribution in [2.75, 3.05) is 12.4 Å². The van der Waals surface area contributed by atoms with Crippen LogP contribution < -0.4 is 5.32 Å². The van der Waals surface area contributed by atoms with Gasteiger partial charge in [0.05, 0.1) is 24.6 Å². The first-order valence-electron chi connectivity index (χ1n) is 12.2. The lowest BCUT2D eigenvalue weighted by Crippen LogP contribution is -2.20. The van der Waals surface area contributed by atoms with Gasteiger partial charge in [-0.15, -0.1) is 0 Å². The Hall–Kier alpha value is -2.89. The third kappa shape index (κ3) is 5.78. The second kappa shape index (κ2) is 10.6. The molecule has 0 bridgehead atoms. The molecular weight excluding hydrogens is 429 g/mol. The van der Waals surface area contributed by atoms with Gasteiger partial charge in [-0.3, -0.25) is 4.79 Å². The number of aromatic nitrogens is 2. The van der Waals surface area contributed by atoms with Crippen LogP contribution in [0, 0.1) is 11.2 Å². The fourth-order valence-electron chi connectivity index (χ4n) is 4.26. The molecule has 1 aromatic heterocycles. The zero-order chi connectivity index (χ0) is 25.0. The number of halogens is 1. The van der Waals surface area contributed by atoms with Crippen molar-refractivity contribution in [3.63, 3.8) is 0 Å². The second-order valence-corrected chi connectivity index (χ2v) is 10.2. The summed E-state index contributed by atoms with van der Waals surface area (Å²) in [5.74, 6) is 0.241. The molecule has 34 heavy (non-hydrogen) atoms. The van der Waals surface area contributed by atoms with Crippen LogP contribution in [0.1, 0.15) is 83.9 Å². The Balaban J connectivity index is 2.11. The van der Waals surface area contributed by atoms with Crippen molar-refractivity contribution >= 4 is 28.6 Å². The van der Waals surface area contributed by atoms with Crippen LogP contribution in [0.15, 0.2) is 36.4 Å². The van der Waals surface area contributed by atoms with E-state index in [0.29, 0.717) is 22.9 Å². The Morgan fingerprint density at radius 2 is 1.85 bits per heavy atom. The molecule has 184 valence electrons. The van der Waals surface area contributed by atoms with E-state index in [-0.39, 0.29) is 17.9 Å². The molecule has 1 heterocycles. The minimum absolute atomic E-state index is 0.120. The van der Waals surface area contributed by atoms with Gasteiger partial charge in [0.2, 0.25) is 5.95 Å². The molecule has 1 atom stereocenters. The average Bonchev–Trinajstić information content (AvgIpc) is 3.14. The first-order chi connectivity index (χ1) is 16.1. The molecule has 5 nitrogen and oxygen atoms in total. The van der Waals surface area contributed by atoms with E-state index in [9.17, 15) is 4.79 Å². The van der Waals surface area contributed by atoms with Gasteiger partial charge in [0.15, 0.2) is 0 Å². The van der Waals surface area contributed by atoms with Gasteiger partial charge in [-0.05, 0) is 47.9 Å². The van der Waals surface area contributed by atoms with E-state index in [0.717, 1.165) is 30.5 Å². The van der Waals surface area contributed by atoms with Crippen LogP contribution in [0.3, 0.4) is 0 Å². The monoisotopic (exact) mass is 467 g/mol. The summed E-state index contributed by atoms with van der Waals surface area (Å²) >= 11 is 0. The zero-order valence-electron chi connectivity index (χ0n) is 21.5. The van der Waals surface area contributed by atoms with Crippen LogP contribution in [0.4, 0.5) is 16.0 Å². The summed E-state index contributed by atoms with van der Waals surface area (Å²) in [5, 5.41) is 3.48. The quantitative estimate of drug-likeness (QED) is 0.313. The number of carbonyl (C=O) groups excluding carboxylic acids is 1. The molecular formula is C28H38FN3O2. The molecule has 3 aromatic rings. The molecule has 6 heteroatoms. The number of hydrogen-bond donors (Lipinski definition) is 1. The molecule has 0 saturated heterocycles. The predicted octanol–water partition coefficient (Wildman–Crippen LogP) is 7.54. The predicted molar refractivity (Wildman–Crippen MR) is 137 cm³/mol. The number of benzene rings is 2. The third-order valence-electron chi connectivity index (χ3n) is 6.84. The largest absolute Gasteiger partial charge is 0.469 e. The lowest BCUT2D eigenvalue weighted by molar-refractivity contribution is -0.139. The minimum atomic E-state index is -0.475. The van der Waals surface area contributed by atoms with Gasteiger partial charge in [-0.25, -0.2) is 9.37 Å². The van der Waals surface area contributed by atoms with Crippen LogP contribution in [-0.4, -0.2) is 22.6 Å². The molecule has 1 N–H and O–H groups in total. The number of hydrogen-bond acceptors (Lipinski definition) is 4. The summed E-state index contributed by atoms with van der Waals surface area (Å²) in [5.41, 5.74) is 4.02. The highest BCUT2D eigenvalue weighted by Crippen LogP contribution is 2.38. The summed E-state index contributed by atoms with van der Waals surface area (Å²) in [7, 11) is 1.31. The lowest BCUT2D eigenvalue weighted by atomic mass is 9.82. The maximum atomic E-state index is 15.1. The van der Waals surface area contributed by atoms with Crippen molar-refractivity contribution in [1.82, 2.24) is 9.55 Å². The Bertz CT molecular complexity index is 1130. The van der Waals surface area contributed by atoms with Gasteiger partial charge >= 0.3 is 5.97 Å². The summed E-state index contributed by atoms with van der Waals surface area (Å²) in [4.78, 5) is 16.6. The van der Waals surface area contributed by atoms with Gasteiger partial charge in [0.25, 0.3) is 0 Å². The first-order valence-corrected chi connectivity index (χ1v) is 12.2. The highest BCUT2D eigenvalue weighted by molar-refractivity contribution is 5.82. The van der Waals surface area contributed by atoms with Crippen LogP contribution in [0.2, 0.25) is 0 Å². The molecule has 0 saturated carbocycles. The Morgan fingerprint density at radius 3 is 2.41 bits per heavy atom. The molecule has 1 unspecified atom stereocenters. The lowest BCUT2D eigenvalue weighted by Gasteiger charge is -2.30. The SMILES string of the molecule is CCC(CC(C)(C)CC)n1c(Nc2ccc(C(C)C)cc2)nc2cc(CC(=O)OC)c(F)cc21. The Labute approximate surface area is 202 Å². The van der Waals surface area contributed by atoms with Crippen LogP contribution in [0.25, 0.3) is 11.0 Å². The summed E-state index contributed by atoms with van der Waals surface area (Å²) < 4.78 is 21.9. The third-order valence-corrected chi connectivity index (χ3v) is 6.84. The van der Waals surface area contributed by atoms with Crippen LogP contribution in [-0.2, 0) is 16.0 Å².